The summed E-state index contributed by atoms with van der Waals surface area (Å²) in [6.45, 7) is 7.27. The summed E-state index contributed by atoms with van der Waals surface area (Å²) in [5, 5.41) is 8.62. The number of carbonyl (C=O) groups is 1. The van der Waals surface area contributed by atoms with Crippen LogP contribution in [0, 0.1) is 11.7 Å². The molecule has 0 saturated carbocycles. The van der Waals surface area contributed by atoms with Crippen molar-refractivity contribution in [1.82, 2.24) is 4.90 Å². The van der Waals surface area contributed by atoms with Crippen molar-refractivity contribution >= 4 is 12.0 Å². The molecule has 1 N–H and O–H groups in total. The quantitative estimate of drug-likeness (QED) is 0.778. The van der Waals surface area contributed by atoms with Crippen LogP contribution in [0.5, 0.6) is 0 Å². The monoisotopic (exact) mass is 293 g/mol. The van der Waals surface area contributed by atoms with Crippen LogP contribution in [0.2, 0.25) is 0 Å². The molecule has 0 fully saturated rings. The zero-order chi connectivity index (χ0) is 16.0. The second-order valence-corrected chi connectivity index (χ2v) is 5.92. The van der Waals surface area contributed by atoms with E-state index in [0.29, 0.717) is 24.1 Å². The van der Waals surface area contributed by atoms with Crippen molar-refractivity contribution < 1.29 is 14.3 Å². The van der Waals surface area contributed by atoms with Gasteiger partial charge in [0.15, 0.2) is 0 Å². The Balaban J connectivity index is 2.80. The third-order valence-corrected chi connectivity index (χ3v) is 3.46. The van der Waals surface area contributed by atoms with Crippen LogP contribution in [0.3, 0.4) is 0 Å². The van der Waals surface area contributed by atoms with Crippen LogP contribution in [0.1, 0.15) is 38.3 Å². The maximum absolute atomic E-state index is 13.6. The molecule has 4 heteroatoms. The normalized spacial score (nSPS) is 13.3. The Morgan fingerprint density at radius 3 is 2.62 bits per heavy atom. The van der Waals surface area contributed by atoms with Crippen molar-refractivity contribution in [3.8, 4) is 0 Å². The minimum Gasteiger partial charge on any atom is -0.478 e. The van der Waals surface area contributed by atoms with E-state index in [1.54, 1.807) is 12.1 Å². The molecule has 1 rings (SSSR count). The van der Waals surface area contributed by atoms with E-state index in [2.05, 4.69) is 25.7 Å². The largest absolute Gasteiger partial charge is 0.478 e. The van der Waals surface area contributed by atoms with Crippen molar-refractivity contribution in [3.05, 3.63) is 41.2 Å². The third kappa shape index (κ3) is 6.08. The maximum atomic E-state index is 13.6. The van der Waals surface area contributed by atoms with E-state index in [0.717, 1.165) is 18.1 Å². The van der Waals surface area contributed by atoms with Crippen LogP contribution in [0.25, 0.3) is 6.08 Å². The van der Waals surface area contributed by atoms with Crippen molar-refractivity contribution in [1.29, 1.82) is 0 Å². The first kappa shape index (κ1) is 17.4. The van der Waals surface area contributed by atoms with Crippen LogP contribution in [-0.2, 0) is 11.3 Å². The predicted molar refractivity (Wildman–Crippen MR) is 83.5 cm³/mol. The molecular weight excluding hydrogens is 269 g/mol. The summed E-state index contributed by atoms with van der Waals surface area (Å²) in [6, 6.07) is 5.27. The minimum atomic E-state index is -1.08. The molecule has 0 aliphatic carbocycles. The highest BCUT2D eigenvalue weighted by Crippen LogP contribution is 2.16. The fraction of sp³-hybridized carbons (Fsp3) is 0.471. The molecule has 21 heavy (non-hydrogen) atoms. The predicted octanol–water partition coefficient (Wildman–Crippen LogP) is 3.79. The van der Waals surface area contributed by atoms with E-state index in [-0.39, 0.29) is 0 Å². The van der Waals surface area contributed by atoms with E-state index >= 15 is 0 Å². The summed E-state index contributed by atoms with van der Waals surface area (Å²) in [6.07, 6.45) is 3.34. The molecule has 0 saturated heterocycles. The van der Waals surface area contributed by atoms with Crippen molar-refractivity contribution in [2.24, 2.45) is 5.92 Å². The Kier molecular flexibility index (Phi) is 6.56. The topological polar surface area (TPSA) is 40.5 Å². The lowest BCUT2D eigenvalue weighted by Gasteiger charge is -2.26. The van der Waals surface area contributed by atoms with Crippen LogP contribution in [-0.4, -0.2) is 29.1 Å². The van der Waals surface area contributed by atoms with Crippen molar-refractivity contribution in [2.75, 3.05) is 7.05 Å². The zero-order valence-electron chi connectivity index (χ0n) is 13.1. The lowest BCUT2D eigenvalue weighted by atomic mass is 10.0. The Labute approximate surface area is 126 Å². The van der Waals surface area contributed by atoms with E-state index < -0.39 is 11.8 Å². The van der Waals surface area contributed by atoms with Gasteiger partial charge in [-0.25, -0.2) is 9.18 Å². The van der Waals surface area contributed by atoms with E-state index in [4.69, 9.17) is 5.11 Å². The van der Waals surface area contributed by atoms with Gasteiger partial charge in [-0.15, -0.1) is 0 Å². The average molecular weight is 293 g/mol. The summed E-state index contributed by atoms with van der Waals surface area (Å²) in [5.41, 5.74) is 1.28. The number of aliphatic carboxylic acids is 1. The van der Waals surface area contributed by atoms with Gasteiger partial charge in [0.05, 0.1) is 0 Å². The molecule has 1 atom stereocenters. The van der Waals surface area contributed by atoms with Crippen LogP contribution >= 0.6 is 0 Å². The molecule has 1 aromatic carbocycles. The van der Waals surface area contributed by atoms with Gasteiger partial charge in [-0.3, -0.25) is 4.90 Å². The van der Waals surface area contributed by atoms with Gasteiger partial charge >= 0.3 is 5.97 Å². The summed E-state index contributed by atoms with van der Waals surface area (Å²) >= 11 is 0. The molecule has 0 spiro atoms. The molecular formula is C17H24FNO2. The fourth-order valence-electron chi connectivity index (χ4n) is 2.29. The molecule has 0 aliphatic rings. The van der Waals surface area contributed by atoms with Gasteiger partial charge in [0.2, 0.25) is 0 Å². The molecule has 1 aromatic rings. The molecule has 0 amide bonds. The first-order valence-corrected chi connectivity index (χ1v) is 7.19. The Hall–Kier alpha value is -1.68. The number of carboxylic acid groups (broad SMARTS) is 1. The van der Waals surface area contributed by atoms with Gasteiger partial charge in [0, 0.05) is 24.2 Å². The van der Waals surface area contributed by atoms with Crippen LogP contribution < -0.4 is 0 Å². The Morgan fingerprint density at radius 1 is 1.38 bits per heavy atom. The molecule has 0 aromatic heterocycles. The number of benzene rings is 1. The lowest BCUT2D eigenvalue weighted by Crippen LogP contribution is -2.29. The first-order chi connectivity index (χ1) is 9.79. The van der Waals surface area contributed by atoms with Crippen LogP contribution in [0.15, 0.2) is 24.3 Å². The van der Waals surface area contributed by atoms with Crippen molar-refractivity contribution in [2.45, 2.75) is 39.8 Å². The smallest absolute Gasteiger partial charge is 0.328 e. The molecule has 1 unspecified atom stereocenters. The summed E-state index contributed by atoms with van der Waals surface area (Å²) in [5.74, 6) is -0.860. The van der Waals surface area contributed by atoms with Crippen LogP contribution in [0.4, 0.5) is 4.39 Å². The summed E-state index contributed by atoms with van der Waals surface area (Å²) < 4.78 is 13.6. The van der Waals surface area contributed by atoms with E-state index in [1.807, 2.05) is 7.05 Å². The SMILES string of the molecule is CC(C)CC(C)N(C)Cc1ccc(F)c(C=CC(=O)O)c1. The number of hydrogen-bond acceptors (Lipinski definition) is 2. The van der Waals surface area contributed by atoms with Gasteiger partial charge in [-0.05, 0) is 50.1 Å². The van der Waals surface area contributed by atoms with Gasteiger partial charge in [-0.2, -0.15) is 0 Å². The fourth-order valence-corrected chi connectivity index (χ4v) is 2.29. The molecule has 0 heterocycles. The second-order valence-electron chi connectivity index (χ2n) is 5.92. The first-order valence-electron chi connectivity index (χ1n) is 7.19. The number of carboxylic acids is 1. The Morgan fingerprint density at radius 2 is 2.05 bits per heavy atom. The lowest BCUT2D eigenvalue weighted by molar-refractivity contribution is -0.131. The van der Waals surface area contributed by atoms with Gasteiger partial charge in [0.1, 0.15) is 5.82 Å². The standard InChI is InChI=1S/C17H24FNO2/c1-12(2)9-13(3)19(4)11-14-5-7-16(18)15(10-14)6-8-17(20)21/h5-8,10,12-13H,9,11H2,1-4H3,(H,20,21). The second kappa shape index (κ2) is 7.93. The summed E-state index contributed by atoms with van der Waals surface area (Å²) in [7, 11) is 2.04. The highest BCUT2D eigenvalue weighted by Gasteiger charge is 2.12. The maximum Gasteiger partial charge on any atom is 0.328 e. The zero-order valence-corrected chi connectivity index (χ0v) is 13.1. The average Bonchev–Trinajstić information content (AvgIpc) is 2.38. The Bertz CT molecular complexity index is 512. The van der Waals surface area contributed by atoms with E-state index in [1.165, 1.54) is 12.1 Å². The molecule has 116 valence electrons. The minimum absolute atomic E-state index is 0.305. The number of halogens is 1. The third-order valence-electron chi connectivity index (χ3n) is 3.46. The van der Waals surface area contributed by atoms with Crippen molar-refractivity contribution in [3.63, 3.8) is 0 Å². The van der Waals surface area contributed by atoms with Gasteiger partial charge in [0.25, 0.3) is 0 Å². The summed E-state index contributed by atoms with van der Waals surface area (Å²) in [4.78, 5) is 12.7. The highest BCUT2D eigenvalue weighted by atomic mass is 19.1. The van der Waals surface area contributed by atoms with Gasteiger partial charge < -0.3 is 5.11 Å². The molecule has 0 bridgehead atoms. The number of rotatable bonds is 7. The molecule has 0 radical (unpaired) electrons. The number of nitrogens with zero attached hydrogens (tertiary/aromatic N) is 1. The van der Waals surface area contributed by atoms with Gasteiger partial charge in [-0.1, -0.05) is 19.9 Å². The van der Waals surface area contributed by atoms with E-state index in [9.17, 15) is 9.18 Å². The molecule has 0 aliphatic heterocycles. The number of hydrogen-bond donors (Lipinski definition) is 1. The highest BCUT2D eigenvalue weighted by molar-refractivity contribution is 5.85. The molecule has 3 nitrogen and oxygen atoms in total.